The minimum absolute atomic E-state index is 0.0861. The average Bonchev–Trinajstić information content (AvgIpc) is 3.20. The van der Waals surface area contributed by atoms with Crippen LogP contribution in [0.1, 0.15) is 34.0 Å². The predicted octanol–water partition coefficient (Wildman–Crippen LogP) is 2.89. The molecule has 6 nitrogen and oxygen atoms in total. The molecule has 0 saturated carbocycles. The third kappa shape index (κ3) is 4.52. The Morgan fingerprint density at radius 2 is 1.96 bits per heavy atom. The van der Waals surface area contributed by atoms with Crippen LogP contribution in [0.25, 0.3) is 11.0 Å². The zero-order valence-corrected chi connectivity index (χ0v) is 16.2. The number of rotatable bonds is 8. The van der Waals surface area contributed by atoms with Crippen LogP contribution >= 0.6 is 0 Å². The van der Waals surface area contributed by atoms with E-state index in [2.05, 4.69) is 29.7 Å². The topological polar surface area (TPSA) is 94.7 Å². The first kappa shape index (κ1) is 19.9. The van der Waals surface area contributed by atoms with Gasteiger partial charge in [-0.1, -0.05) is 31.2 Å². The van der Waals surface area contributed by atoms with Crippen LogP contribution in [0.2, 0.25) is 0 Å². The van der Waals surface area contributed by atoms with Crippen molar-refractivity contribution in [1.29, 1.82) is 0 Å². The number of aromatic hydroxyl groups is 1. The van der Waals surface area contributed by atoms with Gasteiger partial charge in [-0.05, 0) is 42.2 Å². The fourth-order valence-corrected chi connectivity index (χ4v) is 3.19. The van der Waals surface area contributed by atoms with Gasteiger partial charge in [0.2, 0.25) is 0 Å². The van der Waals surface area contributed by atoms with Crippen molar-refractivity contribution in [3.63, 3.8) is 0 Å². The number of aryl methyl sites for hydroxylation is 2. The highest BCUT2D eigenvalue weighted by molar-refractivity contribution is 6.03. The van der Waals surface area contributed by atoms with Gasteiger partial charge in [0.1, 0.15) is 11.3 Å². The summed E-state index contributed by atoms with van der Waals surface area (Å²) in [7, 11) is 0. The second kappa shape index (κ2) is 8.91. The summed E-state index contributed by atoms with van der Waals surface area (Å²) in [5, 5.41) is 26.8. The van der Waals surface area contributed by atoms with Crippen LogP contribution in [-0.4, -0.2) is 35.3 Å². The van der Waals surface area contributed by atoms with Crippen LogP contribution in [-0.2, 0) is 13.0 Å². The van der Waals surface area contributed by atoms with Gasteiger partial charge in [0, 0.05) is 19.6 Å². The Morgan fingerprint density at radius 1 is 1.18 bits per heavy atom. The van der Waals surface area contributed by atoms with Crippen molar-refractivity contribution in [2.45, 2.75) is 32.9 Å². The third-order valence-electron chi connectivity index (χ3n) is 4.75. The fourth-order valence-electron chi connectivity index (χ4n) is 3.19. The van der Waals surface area contributed by atoms with E-state index in [1.165, 1.54) is 11.8 Å². The molecule has 1 heterocycles. The van der Waals surface area contributed by atoms with Crippen LogP contribution in [0.15, 0.2) is 47.1 Å². The molecule has 0 bridgehead atoms. The Hall–Kier alpha value is -2.83. The van der Waals surface area contributed by atoms with Gasteiger partial charge in [0.25, 0.3) is 5.91 Å². The zero-order valence-electron chi connectivity index (χ0n) is 16.2. The molecule has 148 valence electrons. The van der Waals surface area contributed by atoms with Crippen molar-refractivity contribution in [2.75, 3.05) is 13.1 Å². The predicted molar refractivity (Wildman–Crippen MR) is 108 cm³/mol. The number of hydrogen-bond acceptors (Lipinski definition) is 5. The maximum atomic E-state index is 12.4. The second-order valence-electron chi connectivity index (χ2n) is 6.92. The highest BCUT2D eigenvalue weighted by Gasteiger charge is 2.18. The number of aliphatic hydroxyl groups excluding tert-OH is 1. The molecule has 6 heteroatoms. The van der Waals surface area contributed by atoms with E-state index in [0.717, 1.165) is 17.5 Å². The molecule has 0 radical (unpaired) electrons. The average molecular weight is 382 g/mol. The highest BCUT2D eigenvalue weighted by Crippen LogP contribution is 2.32. The van der Waals surface area contributed by atoms with Gasteiger partial charge in [0.05, 0.1) is 23.3 Å². The first-order valence-electron chi connectivity index (χ1n) is 9.44. The van der Waals surface area contributed by atoms with Crippen molar-refractivity contribution in [1.82, 2.24) is 10.6 Å². The van der Waals surface area contributed by atoms with Crippen LogP contribution < -0.4 is 10.6 Å². The van der Waals surface area contributed by atoms with E-state index in [0.29, 0.717) is 24.1 Å². The summed E-state index contributed by atoms with van der Waals surface area (Å²) in [6, 6.07) is 11.5. The smallest absolute Gasteiger partial charge is 0.255 e. The normalized spacial score (nSPS) is 12.2. The number of carbonyl (C=O) groups is 1. The van der Waals surface area contributed by atoms with Crippen LogP contribution in [0, 0.1) is 6.92 Å². The van der Waals surface area contributed by atoms with Crippen molar-refractivity contribution >= 4 is 16.9 Å². The number of fused-ring (bicyclic) bond motifs is 1. The van der Waals surface area contributed by atoms with Gasteiger partial charge in [-0.2, -0.15) is 0 Å². The van der Waals surface area contributed by atoms with E-state index >= 15 is 0 Å². The quantitative estimate of drug-likeness (QED) is 0.481. The first-order valence-corrected chi connectivity index (χ1v) is 9.44. The van der Waals surface area contributed by atoms with Crippen LogP contribution in [0.5, 0.6) is 5.75 Å². The Bertz CT molecular complexity index is 964. The molecule has 1 atom stereocenters. The number of hydrogen-bond donors (Lipinski definition) is 4. The summed E-state index contributed by atoms with van der Waals surface area (Å²) >= 11 is 0. The van der Waals surface area contributed by atoms with E-state index < -0.39 is 12.0 Å². The Balaban J connectivity index is 1.51. The molecule has 2 aromatic carbocycles. The zero-order chi connectivity index (χ0) is 20.1. The molecule has 0 spiro atoms. The molecular formula is C22H26N2O4. The van der Waals surface area contributed by atoms with Gasteiger partial charge in [-0.15, -0.1) is 0 Å². The molecule has 3 rings (SSSR count). The molecule has 0 aliphatic heterocycles. The van der Waals surface area contributed by atoms with E-state index in [-0.39, 0.29) is 17.9 Å². The number of furan rings is 1. The molecule has 3 aromatic rings. The monoisotopic (exact) mass is 382 g/mol. The molecule has 1 aromatic heterocycles. The molecule has 0 fully saturated rings. The van der Waals surface area contributed by atoms with E-state index in [1.807, 2.05) is 19.1 Å². The van der Waals surface area contributed by atoms with Crippen LogP contribution in [0.3, 0.4) is 0 Å². The molecular weight excluding hydrogens is 356 g/mol. The molecule has 0 saturated heterocycles. The highest BCUT2D eigenvalue weighted by atomic mass is 16.3. The maximum absolute atomic E-state index is 12.4. The van der Waals surface area contributed by atoms with E-state index in [9.17, 15) is 15.0 Å². The molecule has 28 heavy (non-hydrogen) atoms. The van der Waals surface area contributed by atoms with Crippen LogP contribution in [0.4, 0.5) is 0 Å². The molecule has 1 amide bonds. The number of benzene rings is 2. The largest absolute Gasteiger partial charge is 0.506 e. The second-order valence-corrected chi connectivity index (χ2v) is 6.92. The summed E-state index contributed by atoms with van der Waals surface area (Å²) in [6.45, 7) is 5.01. The number of amides is 1. The lowest BCUT2D eigenvalue weighted by atomic mass is 10.1. The van der Waals surface area contributed by atoms with Gasteiger partial charge in [-0.3, -0.25) is 4.79 Å². The van der Waals surface area contributed by atoms with Crippen molar-refractivity contribution in [2.24, 2.45) is 0 Å². The summed E-state index contributed by atoms with van der Waals surface area (Å²) in [5.41, 5.74) is 3.93. The minimum Gasteiger partial charge on any atom is -0.506 e. The number of aliphatic hydroxyl groups is 1. The van der Waals surface area contributed by atoms with Gasteiger partial charge in [-0.25, -0.2) is 0 Å². The lowest BCUT2D eigenvalue weighted by Crippen LogP contribution is -2.38. The summed E-state index contributed by atoms with van der Waals surface area (Å²) in [5.74, 6) is -0.548. The van der Waals surface area contributed by atoms with Crippen molar-refractivity contribution < 1.29 is 19.4 Å². The Labute approximate surface area is 164 Å². The van der Waals surface area contributed by atoms with Gasteiger partial charge in [0.15, 0.2) is 0 Å². The SMILES string of the molecule is CCc1cccc(CNCC(O)CNC(=O)c2cc(C)c3occc3c2O)c1. The van der Waals surface area contributed by atoms with Crippen molar-refractivity contribution in [3.05, 3.63) is 64.9 Å². The summed E-state index contributed by atoms with van der Waals surface area (Å²) in [4.78, 5) is 12.4. The minimum atomic E-state index is -0.737. The van der Waals surface area contributed by atoms with E-state index in [1.54, 1.807) is 12.1 Å². The molecule has 0 aliphatic rings. The van der Waals surface area contributed by atoms with Gasteiger partial charge < -0.3 is 25.3 Å². The summed E-state index contributed by atoms with van der Waals surface area (Å²) < 4.78 is 5.32. The van der Waals surface area contributed by atoms with Gasteiger partial charge >= 0.3 is 0 Å². The number of carbonyl (C=O) groups excluding carboxylic acids is 1. The number of phenols is 1. The standard InChI is InChI=1S/C22H26N2O4/c1-3-15-5-4-6-16(10-15)11-23-12-17(25)13-24-22(27)19-9-14(2)21-18(20(19)26)7-8-28-21/h4-10,17,23,25-26H,3,11-13H2,1-2H3,(H,24,27). The third-order valence-corrected chi connectivity index (χ3v) is 4.75. The number of nitrogens with one attached hydrogen (secondary N) is 2. The molecule has 4 N–H and O–H groups in total. The van der Waals surface area contributed by atoms with E-state index in [4.69, 9.17) is 4.42 Å². The maximum Gasteiger partial charge on any atom is 0.255 e. The molecule has 0 aliphatic carbocycles. The first-order chi connectivity index (χ1) is 13.5. The lowest BCUT2D eigenvalue weighted by Gasteiger charge is -2.14. The Kier molecular flexibility index (Phi) is 6.34. The number of phenolic OH excluding ortho intramolecular Hbond substituents is 1. The fraction of sp³-hybridized carbons (Fsp3) is 0.318. The van der Waals surface area contributed by atoms with Crippen molar-refractivity contribution in [3.8, 4) is 5.75 Å². The lowest BCUT2D eigenvalue weighted by molar-refractivity contribution is 0.0912. The molecule has 1 unspecified atom stereocenters. The summed E-state index contributed by atoms with van der Waals surface area (Å²) in [6.07, 6.45) is 1.73. The Morgan fingerprint density at radius 3 is 2.75 bits per heavy atom.